The van der Waals surface area contributed by atoms with Crippen LogP contribution in [0.3, 0.4) is 0 Å². The van der Waals surface area contributed by atoms with Crippen LogP contribution in [-0.2, 0) is 0 Å². The van der Waals surface area contributed by atoms with E-state index in [4.69, 9.17) is 0 Å². The van der Waals surface area contributed by atoms with Gasteiger partial charge in [-0.1, -0.05) is 35.0 Å². The molecule has 2 unspecified atom stereocenters. The molecule has 1 aromatic carbocycles. The fourth-order valence-corrected chi connectivity index (χ4v) is 3.17. The number of aliphatic hydroxyl groups is 1. The molecule has 1 saturated heterocycles. The Morgan fingerprint density at radius 3 is 3.00 bits per heavy atom. The first kappa shape index (κ1) is 16.0. The van der Waals surface area contributed by atoms with Gasteiger partial charge < -0.3 is 15.3 Å². The highest BCUT2D eigenvalue weighted by Gasteiger charge is 2.21. The molecule has 1 aliphatic rings. The Bertz CT molecular complexity index is 413. The van der Waals surface area contributed by atoms with Crippen molar-refractivity contribution >= 4 is 15.9 Å². The predicted octanol–water partition coefficient (Wildman–Crippen LogP) is 2.95. The van der Waals surface area contributed by atoms with E-state index < -0.39 is 0 Å². The lowest BCUT2D eigenvalue weighted by Crippen LogP contribution is -2.29. The summed E-state index contributed by atoms with van der Waals surface area (Å²) in [6.45, 7) is 6.14. The molecule has 2 rings (SSSR count). The highest BCUT2D eigenvalue weighted by Crippen LogP contribution is 2.22. The van der Waals surface area contributed by atoms with Crippen molar-refractivity contribution in [1.82, 2.24) is 10.2 Å². The maximum Gasteiger partial charge on any atom is 0.0679 e. The van der Waals surface area contributed by atoms with Gasteiger partial charge in [0, 0.05) is 30.1 Å². The van der Waals surface area contributed by atoms with Gasteiger partial charge in [-0.25, -0.2) is 0 Å². The van der Waals surface area contributed by atoms with E-state index in [2.05, 4.69) is 57.3 Å². The molecule has 0 aromatic heterocycles. The first-order valence-electron chi connectivity index (χ1n) is 7.58. The number of aliphatic hydroxyl groups excluding tert-OH is 1. The molecule has 1 heterocycles. The topological polar surface area (TPSA) is 35.5 Å². The maximum absolute atomic E-state index is 9.60. The smallest absolute Gasteiger partial charge is 0.0679 e. The van der Waals surface area contributed by atoms with Crippen LogP contribution in [0.2, 0.25) is 0 Å². The fourth-order valence-electron chi connectivity index (χ4n) is 2.76. The molecule has 1 aromatic rings. The number of benzene rings is 1. The molecule has 0 radical (unpaired) electrons. The maximum atomic E-state index is 9.60. The zero-order valence-corrected chi connectivity index (χ0v) is 13.8. The highest BCUT2D eigenvalue weighted by molar-refractivity contribution is 9.10. The molecule has 3 nitrogen and oxygen atoms in total. The molecule has 4 heteroatoms. The van der Waals surface area contributed by atoms with Crippen molar-refractivity contribution in [3.05, 3.63) is 34.3 Å². The summed E-state index contributed by atoms with van der Waals surface area (Å²) in [7, 11) is 0. The van der Waals surface area contributed by atoms with Gasteiger partial charge in [0.15, 0.2) is 0 Å². The van der Waals surface area contributed by atoms with Gasteiger partial charge in [0.2, 0.25) is 0 Å². The van der Waals surface area contributed by atoms with E-state index in [0.717, 1.165) is 49.9 Å². The van der Waals surface area contributed by atoms with Crippen molar-refractivity contribution in [1.29, 1.82) is 0 Å². The first-order chi connectivity index (χ1) is 9.69. The van der Waals surface area contributed by atoms with Gasteiger partial charge in [0.05, 0.1) is 6.10 Å². The summed E-state index contributed by atoms with van der Waals surface area (Å²) in [6, 6.07) is 8.95. The zero-order chi connectivity index (χ0) is 14.4. The van der Waals surface area contributed by atoms with Gasteiger partial charge in [-0.15, -0.1) is 0 Å². The quantitative estimate of drug-likeness (QED) is 0.800. The molecule has 0 amide bonds. The molecule has 1 aliphatic heterocycles. The lowest BCUT2D eigenvalue weighted by atomic mass is 10.0. The Hall–Kier alpha value is -0.420. The van der Waals surface area contributed by atoms with Crippen LogP contribution in [0.4, 0.5) is 0 Å². The van der Waals surface area contributed by atoms with Gasteiger partial charge in [0.25, 0.3) is 0 Å². The molecule has 0 spiro atoms. The Balaban J connectivity index is 1.93. The van der Waals surface area contributed by atoms with Crippen molar-refractivity contribution in [3.63, 3.8) is 0 Å². The zero-order valence-electron chi connectivity index (χ0n) is 12.2. The fraction of sp³-hybridized carbons (Fsp3) is 0.625. The lowest BCUT2D eigenvalue weighted by Gasteiger charge is -2.23. The molecular formula is C16H25BrN2O. The van der Waals surface area contributed by atoms with Crippen molar-refractivity contribution in [3.8, 4) is 0 Å². The number of halogens is 1. The second kappa shape index (κ2) is 8.13. The largest absolute Gasteiger partial charge is 0.392 e. The van der Waals surface area contributed by atoms with E-state index in [1.54, 1.807) is 0 Å². The molecule has 2 atom stereocenters. The van der Waals surface area contributed by atoms with Crippen molar-refractivity contribution in [2.75, 3.05) is 26.2 Å². The molecule has 0 bridgehead atoms. The molecule has 1 fully saturated rings. The minimum Gasteiger partial charge on any atom is -0.392 e. The van der Waals surface area contributed by atoms with Crippen LogP contribution in [0.15, 0.2) is 28.7 Å². The number of nitrogens with zero attached hydrogens (tertiary/aromatic N) is 1. The molecule has 0 saturated carbocycles. The van der Waals surface area contributed by atoms with Gasteiger partial charge in [0.1, 0.15) is 0 Å². The van der Waals surface area contributed by atoms with Crippen LogP contribution in [-0.4, -0.2) is 42.3 Å². The van der Waals surface area contributed by atoms with Crippen LogP contribution in [0.1, 0.15) is 37.8 Å². The average molecular weight is 341 g/mol. The van der Waals surface area contributed by atoms with Gasteiger partial charge in [-0.05, 0) is 43.5 Å². The second-order valence-electron chi connectivity index (χ2n) is 5.59. The second-order valence-corrected chi connectivity index (χ2v) is 6.51. The summed E-state index contributed by atoms with van der Waals surface area (Å²) in [6.07, 6.45) is 3.03. The van der Waals surface area contributed by atoms with E-state index in [0.29, 0.717) is 6.04 Å². The van der Waals surface area contributed by atoms with Crippen LogP contribution >= 0.6 is 15.9 Å². The number of hydrogen-bond donors (Lipinski definition) is 2. The summed E-state index contributed by atoms with van der Waals surface area (Å²) < 4.78 is 1.13. The number of rotatable bonds is 7. The molecule has 2 N–H and O–H groups in total. The summed E-state index contributed by atoms with van der Waals surface area (Å²) >= 11 is 3.55. The normalized spacial score (nSPS) is 21.2. The van der Waals surface area contributed by atoms with Crippen LogP contribution < -0.4 is 5.32 Å². The number of nitrogens with one attached hydrogen (secondary N) is 1. The summed E-state index contributed by atoms with van der Waals surface area (Å²) in [5, 5.41) is 13.2. The van der Waals surface area contributed by atoms with E-state index >= 15 is 0 Å². The minimum absolute atomic E-state index is 0.122. The molecule has 20 heavy (non-hydrogen) atoms. The summed E-state index contributed by atoms with van der Waals surface area (Å²) in [5.74, 6) is 0. The van der Waals surface area contributed by atoms with Gasteiger partial charge in [-0.3, -0.25) is 0 Å². The third kappa shape index (κ3) is 4.85. The summed E-state index contributed by atoms with van der Waals surface area (Å²) in [5.41, 5.74) is 1.34. The molecular weight excluding hydrogens is 316 g/mol. The minimum atomic E-state index is -0.122. The summed E-state index contributed by atoms with van der Waals surface area (Å²) in [4.78, 5) is 2.36. The Morgan fingerprint density at radius 2 is 2.35 bits per heavy atom. The third-order valence-electron chi connectivity index (χ3n) is 3.87. The third-order valence-corrected chi connectivity index (χ3v) is 4.37. The Morgan fingerprint density at radius 1 is 1.50 bits per heavy atom. The van der Waals surface area contributed by atoms with Gasteiger partial charge >= 0.3 is 0 Å². The van der Waals surface area contributed by atoms with E-state index in [9.17, 15) is 5.11 Å². The molecule has 0 aliphatic carbocycles. The predicted molar refractivity (Wildman–Crippen MR) is 86.9 cm³/mol. The van der Waals surface area contributed by atoms with Crippen molar-refractivity contribution in [2.45, 2.75) is 38.3 Å². The van der Waals surface area contributed by atoms with Crippen molar-refractivity contribution in [2.24, 2.45) is 0 Å². The molecule has 112 valence electrons. The highest BCUT2D eigenvalue weighted by atomic mass is 79.9. The monoisotopic (exact) mass is 340 g/mol. The van der Waals surface area contributed by atoms with E-state index in [-0.39, 0.29) is 6.10 Å². The Labute approximate surface area is 130 Å². The standard InChI is InChI=1S/C16H25BrN2O/c1-2-8-18-16(13-4-3-5-14(17)11-13)7-10-19-9-6-15(20)12-19/h3-5,11,15-16,18,20H,2,6-10,12H2,1H3. The van der Waals surface area contributed by atoms with Crippen molar-refractivity contribution < 1.29 is 5.11 Å². The number of β-amino-alcohol motifs (C(OH)–C–C–N with tert-alkyl or cyclic N) is 1. The van der Waals surface area contributed by atoms with Crippen LogP contribution in [0.25, 0.3) is 0 Å². The van der Waals surface area contributed by atoms with Crippen LogP contribution in [0.5, 0.6) is 0 Å². The van der Waals surface area contributed by atoms with E-state index in [1.165, 1.54) is 5.56 Å². The van der Waals surface area contributed by atoms with E-state index in [1.807, 2.05) is 0 Å². The number of likely N-dealkylation sites (tertiary alicyclic amines) is 1. The average Bonchev–Trinajstić information content (AvgIpc) is 2.85. The number of hydrogen-bond acceptors (Lipinski definition) is 3. The Kier molecular flexibility index (Phi) is 6.49. The SMILES string of the molecule is CCCNC(CCN1CCC(O)C1)c1cccc(Br)c1. The first-order valence-corrected chi connectivity index (χ1v) is 8.37. The van der Waals surface area contributed by atoms with Gasteiger partial charge in [-0.2, -0.15) is 0 Å². The lowest BCUT2D eigenvalue weighted by molar-refractivity contribution is 0.174. The van der Waals surface area contributed by atoms with Crippen LogP contribution in [0, 0.1) is 0 Å².